The summed E-state index contributed by atoms with van der Waals surface area (Å²) in [4.78, 5) is 39.9. The Balaban J connectivity index is 0. The van der Waals surface area contributed by atoms with Crippen molar-refractivity contribution in [3.8, 4) is 0 Å². The topological polar surface area (TPSA) is 291 Å². The fourth-order valence-corrected chi connectivity index (χ4v) is 3.92. The number of hydrogen-bond donors (Lipinski definition) is 9. The Morgan fingerprint density at radius 2 is 1.41 bits per heavy atom. The maximum absolute atomic E-state index is 12.2. The molecule has 1 fully saturated rings. The van der Waals surface area contributed by atoms with Crippen molar-refractivity contribution < 1.29 is 84.4 Å². The van der Waals surface area contributed by atoms with E-state index < -0.39 is 84.1 Å². The summed E-state index contributed by atoms with van der Waals surface area (Å²) in [6.45, 7) is -1.24. The van der Waals surface area contributed by atoms with Gasteiger partial charge in [-0.15, -0.1) is 0 Å². The molecule has 1 aliphatic rings. The first-order valence-electron chi connectivity index (χ1n) is 10.0. The van der Waals surface area contributed by atoms with Crippen molar-refractivity contribution in [2.24, 2.45) is 17.4 Å². The lowest BCUT2D eigenvalue weighted by Gasteiger charge is -2.25. The van der Waals surface area contributed by atoms with Crippen LogP contribution < -0.4 is 16.2 Å². The minimum atomic E-state index is -5.08. The molecule has 0 spiro atoms. The van der Waals surface area contributed by atoms with Crippen LogP contribution in [0.25, 0.3) is 0 Å². The quantitative estimate of drug-likeness (QED) is 0.0911. The zero-order valence-corrected chi connectivity index (χ0v) is 20.2. The molecule has 228 valence electrons. The number of rotatable bonds is 10. The smallest absolute Gasteiger partial charge is 0.480 e. The van der Waals surface area contributed by atoms with Gasteiger partial charge in [0.05, 0.1) is 0 Å². The summed E-state index contributed by atoms with van der Waals surface area (Å²) in [7, 11) is -5.71. The number of halogens is 6. The Hall–Kier alpha value is -2.77. The number of alkyl halides is 6. The van der Waals surface area contributed by atoms with E-state index in [-0.39, 0.29) is 25.7 Å². The van der Waals surface area contributed by atoms with Gasteiger partial charge in [-0.05, 0) is 12.7 Å². The molecule has 16 nitrogen and oxygen atoms in total. The minimum absolute atomic E-state index is 0.00463. The molecular formula is C15H25BF6N4O12S. The maximum atomic E-state index is 12.2. The molecule has 0 aliphatic carbocycles. The average molecular weight is 610 g/mol. The molecule has 0 unspecified atom stereocenters. The van der Waals surface area contributed by atoms with Crippen LogP contribution in [0.15, 0.2) is 0 Å². The Kier molecular flexibility index (Phi) is 14.9. The highest BCUT2D eigenvalue weighted by Gasteiger charge is 2.52. The van der Waals surface area contributed by atoms with Crippen molar-refractivity contribution in [2.75, 3.05) is 19.6 Å². The Bertz CT molecular complexity index is 944. The second-order valence-electron chi connectivity index (χ2n) is 7.65. The molecule has 0 aromatic rings. The number of aliphatic carboxylic acids is 4. The lowest BCUT2D eigenvalue weighted by molar-refractivity contribution is -0.193. The molecule has 0 bridgehead atoms. The predicted octanol–water partition coefficient (Wildman–Crippen LogP) is -2.53. The zero-order chi connectivity index (χ0) is 31.6. The van der Waals surface area contributed by atoms with Gasteiger partial charge in [-0.3, -0.25) is 9.59 Å². The monoisotopic (exact) mass is 610 g/mol. The number of nitrogens with one attached hydrogen (secondary N) is 1. The Labute approximate surface area is 215 Å². The third kappa shape index (κ3) is 14.3. The highest BCUT2D eigenvalue weighted by Crippen LogP contribution is 2.31. The van der Waals surface area contributed by atoms with E-state index in [2.05, 4.69) is 0 Å². The summed E-state index contributed by atoms with van der Waals surface area (Å²) in [5.41, 5.74) is 9.28. The van der Waals surface area contributed by atoms with E-state index in [0.717, 1.165) is 4.31 Å². The van der Waals surface area contributed by atoms with Gasteiger partial charge in [-0.1, -0.05) is 6.42 Å². The molecule has 0 saturated carbocycles. The maximum Gasteiger partial charge on any atom is 0.490 e. The zero-order valence-electron chi connectivity index (χ0n) is 19.4. The van der Waals surface area contributed by atoms with Crippen molar-refractivity contribution in [3.05, 3.63) is 0 Å². The van der Waals surface area contributed by atoms with Gasteiger partial charge in [0.1, 0.15) is 11.6 Å². The van der Waals surface area contributed by atoms with Crippen LogP contribution in [0.1, 0.15) is 12.8 Å². The normalized spacial score (nSPS) is 20.5. The standard InChI is InChI=1S/C11H23BN4O8S.2C2HF3O2/c13-8(9(17)18)4-15-25(23,24)16-5-7(2-1-3-12(21)22)11(14,6-16)10(19)20;2*3-2(4,5)1(6)7/h7-8,15,21-22H,1-6,13-14H2,(H,17,18)(H,19,20);2*(H,6,7)/t7-,8-,11-;;/m0../s1. The summed E-state index contributed by atoms with van der Waals surface area (Å²) in [5, 5.41) is 50.0. The molecule has 1 heterocycles. The summed E-state index contributed by atoms with van der Waals surface area (Å²) in [5.74, 6) is -9.02. The van der Waals surface area contributed by atoms with E-state index in [1.54, 1.807) is 0 Å². The van der Waals surface area contributed by atoms with Crippen LogP contribution in [0.3, 0.4) is 0 Å². The predicted molar refractivity (Wildman–Crippen MR) is 114 cm³/mol. The first-order valence-corrected chi connectivity index (χ1v) is 11.4. The molecule has 39 heavy (non-hydrogen) atoms. The minimum Gasteiger partial charge on any atom is -0.480 e. The van der Waals surface area contributed by atoms with Crippen LogP contribution in [-0.4, -0.2) is 118 Å². The molecule has 1 rings (SSSR count). The molecule has 0 amide bonds. The molecule has 1 saturated heterocycles. The number of carboxylic acid groups (broad SMARTS) is 4. The third-order valence-electron chi connectivity index (χ3n) is 4.63. The highest BCUT2D eigenvalue weighted by molar-refractivity contribution is 7.87. The molecule has 0 aromatic carbocycles. The van der Waals surface area contributed by atoms with Gasteiger partial charge >= 0.3 is 43.3 Å². The summed E-state index contributed by atoms with van der Waals surface area (Å²) < 4.78 is 90.8. The molecule has 0 aromatic heterocycles. The fourth-order valence-electron chi connectivity index (χ4n) is 2.59. The SMILES string of the molecule is N[C@@H](CNS(=O)(=O)N1C[C@H](CCCB(O)O)[C@](N)(C(=O)O)C1)C(=O)O.O=C(O)C(F)(F)F.O=C(O)C(F)(F)F. The van der Waals surface area contributed by atoms with Crippen molar-refractivity contribution in [2.45, 2.75) is 43.1 Å². The van der Waals surface area contributed by atoms with Crippen molar-refractivity contribution in [3.63, 3.8) is 0 Å². The van der Waals surface area contributed by atoms with E-state index in [0.29, 0.717) is 0 Å². The van der Waals surface area contributed by atoms with Crippen molar-refractivity contribution in [1.82, 2.24) is 9.03 Å². The van der Waals surface area contributed by atoms with Crippen LogP contribution in [0.4, 0.5) is 26.3 Å². The lowest BCUT2D eigenvalue weighted by atomic mass is 9.78. The van der Waals surface area contributed by atoms with Crippen LogP contribution >= 0.6 is 0 Å². The van der Waals surface area contributed by atoms with E-state index in [9.17, 15) is 49.5 Å². The second-order valence-corrected chi connectivity index (χ2v) is 9.41. The van der Waals surface area contributed by atoms with Gasteiger partial charge in [-0.25, -0.2) is 9.59 Å². The van der Waals surface area contributed by atoms with E-state index in [4.69, 9.17) is 46.4 Å². The lowest BCUT2D eigenvalue weighted by Crippen LogP contribution is -2.55. The number of hydrogen-bond acceptors (Lipinski definition) is 10. The highest BCUT2D eigenvalue weighted by atomic mass is 32.2. The van der Waals surface area contributed by atoms with Gasteiger partial charge < -0.3 is 41.9 Å². The van der Waals surface area contributed by atoms with Gasteiger partial charge in [0, 0.05) is 25.6 Å². The second kappa shape index (κ2) is 15.1. The van der Waals surface area contributed by atoms with Gasteiger partial charge in [0.25, 0.3) is 10.2 Å². The molecule has 3 atom stereocenters. The molecule has 1 aliphatic heterocycles. The summed E-state index contributed by atoms with van der Waals surface area (Å²) >= 11 is 0. The van der Waals surface area contributed by atoms with Crippen LogP contribution in [0.5, 0.6) is 0 Å². The van der Waals surface area contributed by atoms with Crippen LogP contribution in [0, 0.1) is 5.92 Å². The number of nitrogens with zero attached hydrogens (tertiary/aromatic N) is 1. The van der Waals surface area contributed by atoms with Gasteiger partial charge in [0.2, 0.25) is 0 Å². The number of nitrogens with two attached hydrogens (primary N) is 2. The summed E-state index contributed by atoms with van der Waals surface area (Å²) in [6, 6.07) is -1.44. The first kappa shape index (κ1) is 38.4. The van der Waals surface area contributed by atoms with Crippen LogP contribution in [0.2, 0.25) is 6.32 Å². The molecule has 11 N–H and O–H groups in total. The van der Waals surface area contributed by atoms with Crippen molar-refractivity contribution in [1.29, 1.82) is 0 Å². The van der Waals surface area contributed by atoms with E-state index in [1.165, 1.54) is 0 Å². The number of carbonyl (C=O) groups is 4. The molecule has 0 radical (unpaired) electrons. The van der Waals surface area contributed by atoms with Gasteiger partial charge in [0.15, 0.2) is 0 Å². The Morgan fingerprint density at radius 1 is 1.00 bits per heavy atom. The van der Waals surface area contributed by atoms with Crippen molar-refractivity contribution >= 4 is 41.2 Å². The van der Waals surface area contributed by atoms with Gasteiger partial charge in [-0.2, -0.15) is 43.8 Å². The average Bonchev–Trinajstić information content (AvgIpc) is 3.10. The molecule has 24 heteroatoms. The first-order chi connectivity index (χ1) is 17.3. The largest absolute Gasteiger partial charge is 0.490 e. The summed E-state index contributed by atoms with van der Waals surface area (Å²) in [6.07, 6.45) is -9.73. The Morgan fingerprint density at radius 3 is 1.72 bits per heavy atom. The third-order valence-corrected chi connectivity index (χ3v) is 6.12. The van der Waals surface area contributed by atoms with E-state index in [1.807, 2.05) is 4.72 Å². The van der Waals surface area contributed by atoms with E-state index >= 15 is 0 Å². The fraction of sp³-hybridized carbons (Fsp3) is 0.733. The van der Waals surface area contributed by atoms with Crippen LogP contribution in [-0.2, 0) is 29.4 Å². The molecular weight excluding hydrogens is 585 g/mol. The number of carboxylic acids is 4.